The van der Waals surface area contributed by atoms with Crippen LogP contribution in [0.5, 0.6) is 0 Å². The van der Waals surface area contributed by atoms with Crippen LogP contribution in [0.25, 0.3) is 5.65 Å². The molecule has 2 aromatic heterocycles. The first-order valence-corrected chi connectivity index (χ1v) is 8.48. The zero-order chi connectivity index (χ0) is 16.2. The van der Waals surface area contributed by atoms with Crippen molar-refractivity contribution in [3.05, 3.63) is 48.4 Å². The van der Waals surface area contributed by atoms with Crippen molar-refractivity contribution < 1.29 is 4.79 Å². The molecule has 0 saturated carbocycles. The molecule has 118 valence electrons. The second-order valence-electron chi connectivity index (χ2n) is 4.88. The standard InChI is InChI=1S/C16H17N5OS/c1-3-14-19-15-13(8-5-9-21(15)20-14)18-16(22)17-11-6-4-7-12(10-11)23-2/h4-10H,3H2,1-2H3,(H2,17,18,22). The Kier molecular flexibility index (Phi) is 4.47. The molecule has 3 rings (SSSR count). The first-order chi connectivity index (χ1) is 11.2. The van der Waals surface area contributed by atoms with Gasteiger partial charge >= 0.3 is 6.03 Å². The SMILES string of the molecule is CCc1nc2c(NC(=O)Nc3cccc(SC)c3)cccn2n1. The van der Waals surface area contributed by atoms with Gasteiger partial charge in [0.2, 0.25) is 0 Å². The Morgan fingerprint density at radius 2 is 2.13 bits per heavy atom. The lowest BCUT2D eigenvalue weighted by Crippen LogP contribution is -2.19. The molecule has 0 aliphatic rings. The molecule has 0 atom stereocenters. The van der Waals surface area contributed by atoms with Gasteiger partial charge < -0.3 is 10.6 Å². The molecule has 2 amide bonds. The van der Waals surface area contributed by atoms with E-state index in [2.05, 4.69) is 20.7 Å². The van der Waals surface area contributed by atoms with Gasteiger partial charge in [0.15, 0.2) is 11.5 Å². The Morgan fingerprint density at radius 3 is 2.91 bits per heavy atom. The van der Waals surface area contributed by atoms with Crippen LogP contribution >= 0.6 is 11.8 Å². The molecule has 0 bridgehead atoms. The van der Waals surface area contributed by atoms with Crippen LogP contribution < -0.4 is 10.6 Å². The summed E-state index contributed by atoms with van der Waals surface area (Å²) in [5, 5.41) is 9.99. The minimum Gasteiger partial charge on any atom is -0.308 e. The summed E-state index contributed by atoms with van der Waals surface area (Å²) in [5.74, 6) is 0.743. The number of aromatic nitrogens is 3. The number of carbonyl (C=O) groups excluding carboxylic acids is 1. The van der Waals surface area contributed by atoms with Crippen molar-refractivity contribution in [1.29, 1.82) is 0 Å². The number of pyridine rings is 1. The minimum atomic E-state index is -0.308. The predicted octanol–water partition coefficient (Wildman–Crippen LogP) is 3.66. The highest BCUT2D eigenvalue weighted by atomic mass is 32.2. The van der Waals surface area contributed by atoms with Crippen molar-refractivity contribution >= 4 is 34.8 Å². The Morgan fingerprint density at radius 1 is 1.26 bits per heavy atom. The van der Waals surface area contributed by atoms with Crippen molar-refractivity contribution in [2.75, 3.05) is 16.9 Å². The number of nitrogens with one attached hydrogen (secondary N) is 2. The number of benzene rings is 1. The molecule has 23 heavy (non-hydrogen) atoms. The number of hydrogen-bond acceptors (Lipinski definition) is 4. The number of aryl methyl sites for hydroxylation is 1. The molecule has 0 saturated heterocycles. The number of rotatable bonds is 4. The summed E-state index contributed by atoms with van der Waals surface area (Å²) >= 11 is 1.63. The fraction of sp³-hybridized carbons (Fsp3) is 0.188. The van der Waals surface area contributed by atoms with Crippen molar-refractivity contribution in [2.24, 2.45) is 0 Å². The van der Waals surface area contributed by atoms with Gasteiger partial charge in [-0.15, -0.1) is 11.8 Å². The zero-order valence-electron chi connectivity index (χ0n) is 12.9. The predicted molar refractivity (Wildman–Crippen MR) is 93.2 cm³/mol. The maximum absolute atomic E-state index is 12.2. The summed E-state index contributed by atoms with van der Waals surface area (Å²) in [6.07, 6.45) is 4.55. The van der Waals surface area contributed by atoms with Crippen molar-refractivity contribution in [1.82, 2.24) is 14.6 Å². The first kappa shape index (κ1) is 15.4. The quantitative estimate of drug-likeness (QED) is 0.717. The Hall–Kier alpha value is -2.54. The Labute approximate surface area is 138 Å². The number of nitrogens with zero attached hydrogens (tertiary/aromatic N) is 3. The molecular formula is C16H17N5OS. The second-order valence-corrected chi connectivity index (χ2v) is 5.76. The normalized spacial score (nSPS) is 10.7. The molecule has 0 fully saturated rings. The lowest BCUT2D eigenvalue weighted by molar-refractivity contribution is 0.262. The highest BCUT2D eigenvalue weighted by Gasteiger charge is 2.10. The molecular weight excluding hydrogens is 310 g/mol. The lowest BCUT2D eigenvalue weighted by Gasteiger charge is -2.09. The Bertz CT molecular complexity index is 845. The van der Waals surface area contributed by atoms with Crippen LogP contribution in [-0.2, 0) is 6.42 Å². The summed E-state index contributed by atoms with van der Waals surface area (Å²) < 4.78 is 1.67. The number of thioether (sulfide) groups is 1. The third-order valence-electron chi connectivity index (χ3n) is 3.30. The smallest absolute Gasteiger partial charge is 0.308 e. The largest absolute Gasteiger partial charge is 0.323 e. The molecule has 3 aromatic rings. The van der Waals surface area contributed by atoms with Crippen LogP contribution in [0, 0.1) is 0 Å². The topological polar surface area (TPSA) is 71.3 Å². The van der Waals surface area contributed by atoms with Gasteiger partial charge in [0.25, 0.3) is 0 Å². The molecule has 0 radical (unpaired) electrons. The van der Waals surface area contributed by atoms with Crippen molar-refractivity contribution in [3.63, 3.8) is 0 Å². The number of urea groups is 1. The first-order valence-electron chi connectivity index (χ1n) is 7.26. The van der Waals surface area contributed by atoms with E-state index in [0.29, 0.717) is 11.3 Å². The van der Waals surface area contributed by atoms with E-state index >= 15 is 0 Å². The van der Waals surface area contributed by atoms with Crippen LogP contribution in [0.4, 0.5) is 16.2 Å². The molecule has 7 heteroatoms. The van der Waals surface area contributed by atoms with Gasteiger partial charge in [-0.25, -0.2) is 14.3 Å². The van der Waals surface area contributed by atoms with E-state index in [0.717, 1.165) is 22.8 Å². The van der Waals surface area contributed by atoms with E-state index in [9.17, 15) is 4.79 Å². The highest BCUT2D eigenvalue weighted by Crippen LogP contribution is 2.20. The molecule has 0 spiro atoms. The fourth-order valence-electron chi connectivity index (χ4n) is 2.18. The van der Waals surface area contributed by atoms with Crippen LogP contribution in [0.3, 0.4) is 0 Å². The van der Waals surface area contributed by atoms with Crippen LogP contribution in [0.1, 0.15) is 12.7 Å². The van der Waals surface area contributed by atoms with Crippen LogP contribution in [0.15, 0.2) is 47.5 Å². The number of anilines is 2. The van der Waals surface area contributed by atoms with Crippen LogP contribution in [0.2, 0.25) is 0 Å². The number of amides is 2. The maximum Gasteiger partial charge on any atom is 0.323 e. The molecule has 2 heterocycles. The van der Waals surface area contributed by atoms with E-state index in [1.54, 1.807) is 22.3 Å². The molecule has 0 unspecified atom stereocenters. The van der Waals surface area contributed by atoms with Gasteiger partial charge in [0, 0.05) is 23.2 Å². The van der Waals surface area contributed by atoms with Gasteiger partial charge in [0.1, 0.15) is 0 Å². The molecule has 1 aromatic carbocycles. The second kappa shape index (κ2) is 6.70. The van der Waals surface area contributed by atoms with Gasteiger partial charge in [-0.3, -0.25) is 0 Å². The summed E-state index contributed by atoms with van der Waals surface area (Å²) in [6.45, 7) is 1.99. The number of carbonyl (C=O) groups is 1. The van der Waals surface area contributed by atoms with E-state index in [1.807, 2.05) is 49.7 Å². The third kappa shape index (κ3) is 3.45. The summed E-state index contributed by atoms with van der Waals surface area (Å²) in [5.41, 5.74) is 2.01. The summed E-state index contributed by atoms with van der Waals surface area (Å²) in [4.78, 5) is 17.7. The zero-order valence-corrected chi connectivity index (χ0v) is 13.7. The average molecular weight is 327 g/mol. The lowest BCUT2D eigenvalue weighted by atomic mass is 10.3. The van der Waals surface area contributed by atoms with Crippen molar-refractivity contribution in [2.45, 2.75) is 18.2 Å². The molecule has 0 aliphatic heterocycles. The van der Waals surface area contributed by atoms with Crippen molar-refractivity contribution in [3.8, 4) is 0 Å². The van der Waals surface area contributed by atoms with Gasteiger partial charge in [-0.05, 0) is 36.6 Å². The highest BCUT2D eigenvalue weighted by molar-refractivity contribution is 7.98. The van der Waals surface area contributed by atoms with Gasteiger partial charge in [-0.1, -0.05) is 13.0 Å². The number of fused-ring (bicyclic) bond motifs is 1. The Balaban J connectivity index is 1.78. The molecule has 0 aliphatic carbocycles. The maximum atomic E-state index is 12.2. The van der Waals surface area contributed by atoms with Crippen LogP contribution in [-0.4, -0.2) is 26.9 Å². The van der Waals surface area contributed by atoms with Gasteiger partial charge in [0.05, 0.1) is 5.69 Å². The van der Waals surface area contributed by atoms with E-state index in [1.165, 1.54) is 0 Å². The van der Waals surface area contributed by atoms with Gasteiger partial charge in [-0.2, -0.15) is 5.10 Å². The summed E-state index contributed by atoms with van der Waals surface area (Å²) in [7, 11) is 0. The third-order valence-corrected chi connectivity index (χ3v) is 4.02. The monoisotopic (exact) mass is 327 g/mol. The van der Waals surface area contributed by atoms with E-state index in [4.69, 9.17) is 0 Å². The summed E-state index contributed by atoms with van der Waals surface area (Å²) in [6, 6.07) is 11.0. The van der Waals surface area contributed by atoms with E-state index < -0.39 is 0 Å². The minimum absolute atomic E-state index is 0.308. The number of hydrogen-bond donors (Lipinski definition) is 2. The fourth-order valence-corrected chi connectivity index (χ4v) is 2.64. The van der Waals surface area contributed by atoms with E-state index in [-0.39, 0.29) is 6.03 Å². The average Bonchev–Trinajstić information content (AvgIpc) is 2.99. The molecule has 2 N–H and O–H groups in total. The molecule has 6 nitrogen and oxygen atoms in total.